The highest BCUT2D eigenvalue weighted by molar-refractivity contribution is 6.58. The molecule has 0 aliphatic carbocycles. The third-order valence-corrected chi connectivity index (χ3v) is 3.13. The molecule has 2 N–H and O–H groups in total. The van der Waals surface area contributed by atoms with Gasteiger partial charge in [-0.25, -0.2) is 0 Å². The van der Waals surface area contributed by atoms with Crippen molar-refractivity contribution in [3.8, 4) is 0 Å². The minimum absolute atomic E-state index is 0.0150. The van der Waals surface area contributed by atoms with Gasteiger partial charge in [0, 0.05) is 11.6 Å². The maximum absolute atomic E-state index is 10.9. The molecule has 0 unspecified atom stereocenters. The summed E-state index contributed by atoms with van der Waals surface area (Å²) in [6.45, 7) is 5.72. The highest BCUT2D eigenvalue weighted by Gasteiger charge is 2.29. The Kier molecular flexibility index (Phi) is 3.90. The van der Waals surface area contributed by atoms with E-state index in [0.717, 1.165) is 6.42 Å². The molecule has 1 aromatic carbocycles. The maximum atomic E-state index is 10.9. The van der Waals surface area contributed by atoms with Crippen LogP contribution in [0, 0.1) is 10.1 Å². The summed E-state index contributed by atoms with van der Waals surface area (Å²) in [5.41, 5.74) is 0.428. The van der Waals surface area contributed by atoms with Crippen molar-refractivity contribution in [2.75, 3.05) is 0 Å². The van der Waals surface area contributed by atoms with Crippen LogP contribution in [0.1, 0.15) is 32.8 Å². The lowest BCUT2D eigenvalue weighted by molar-refractivity contribution is -0.386. The lowest BCUT2D eigenvalue weighted by Gasteiger charge is -2.23. The predicted octanol–water partition coefficient (Wildman–Crippen LogP) is 0.962. The fraction of sp³-hybridized carbons (Fsp3) is 0.455. The number of nitro groups is 1. The number of rotatable bonds is 4. The summed E-state index contributed by atoms with van der Waals surface area (Å²) >= 11 is 0. The van der Waals surface area contributed by atoms with E-state index in [0.29, 0.717) is 5.56 Å². The first-order valence-corrected chi connectivity index (χ1v) is 5.44. The van der Waals surface area contributed by atoms with Crippen LogP contribution in [0.25, 0.3) is 0 Å². The Labute approximate surface area is 100 Å². The van der Waals surface area contributed by atoms with E-state index in [1.54, 1.807) is 0 Å². The van der Waals surface area contributed by atoms with Crippen molar-refractivity contribution in [3.63, 3.8) is 0 Å². The molecule has 0 atom stereocenters. The minimum atomic E-state index is -1.61. The normalized spacial score (nSPS) is 11.4. The first-order valence-electron chi connectivity index (χ1n) is 5.44. The highest BCUT2D eigenvalue weighted by atomic mass is 16.6. The van der Waals surface area contributed by atoms with Gasteiger partial charge < -0.3 is 10.0 Å². The average Bonchev–Trinajstić information content (AvgIpc) is 2.28. The standard InChI is InChI=1S/C11H16BNO4/c1-4-11(2,3)9-7-8(12(14)15)5-6-10(9)13(16)17/h5-7,14-15H,4H2,1-3H3. The van der Waals surface area contributed by atoms with Gasteiger partial charge in [-0.05, 0) is 17.3 Å². The van der Waals surface area contributed by atoms with Gasteiger partial charge in [0.25, 0.3) is 5.69 Å². The van der Waals surface area contributed by atoms with Crippen LogP contribution in [0.15, 0.2) is 18.2 Å². The Bertz CT molecular complexity index is 431. The average molecular weight is 237 g/mol. The number of hydrogen-bond acceptors (Lipinski definition) is 4. The van der Waals surface area contributed by atoms with Crippen molar-refractivity contribution >= 4 is 18.3 Å². The van der Waals surface area contributed by atoms with E-state index >= 15 is 0 Å². The van der Waals surface area contributed by atoms with Gasteiger partial charge in [0.2, 0.25) is 0 Å². The molecule has 0 aromatic heterocycles. The number of nitrogens with zero attached hydrogens (tertiary/aromatic N) is 1. The summed E-state index contributed by atoms with van der Waals surface area (Å²) in [4.78, 5) is 10.5. The van der Waals surface area contributed by atoms with E-state index in [1.807, 2.05) is 20.8 Å². The number of nitro benzene ring substituents is 1. The molecule has 0 fully saturated rings. The van der Waals surface area contributed by atoms with E-state index in [9.17, 15) is 10.1 Å². The van der Waals surface area contributed by atoms with Crippen molar-refractivity contribution in [1.29, 1.82) is 0 Å². The topological polar surface area (TPSA) is 83.6 Å². The van der Waals surface area contributed by atoms with E-state index in [4.69, 9.17) is 10.0 Å². The van der Waals surface area contributed by atoms with Crippen LogP contribution in [-0.4, -0.2) is 22.1 Å². The second-order valence-corrected chi connectivity index (χ2v) is 4.64. The Hall–Kier alpha value is -1.40. The molecule has 0 bridgehead atoms. The molecule has 0 amide bonds. The molecule has 0 saturated carbocycles. The Morgan fingerprint density at radius 3 is 2.41 bits per heavy atom. The SMILES string of the molecule is CCC(C)(C)c1cc(B(O)O)ccc1[N+](=O)[O-]. The van der Waals surface area contributed by atoms with Crippen molar-refractivity contribution in [3.05, 3.63) is 33.9 Å². The molecule has 1 rings (SSSR count). The third kappa shape index (κ3) is 2.84. The zero-order valence-electron chi connectivity index (χ0n) is 10.2. The molecule has 0 saturated heterocycles. The van der Waals surface area contributed by atoms with Gasteiger partial charge in [0.1, 0.15) is 0 Å². The van der Waals surface area contributed by atoms with Crippen LogP contribution in [0.3, 0.4) is 0 Å². The Morgan fingerprint density at radius 2 is 2.00 bits per heavy atom. The summed E-state index contributed by atoms with van der Waals surface area (Å²) in [6.07, 6.45) is 0.721. The maximum Gasteiger partial charge on any atom is 0.488 e. The Balaban J connectivity index is 3.41. The van der Waals surface area contributed by atoms with Gasteiger partial charge >= 0.3 is 7.12 Å². The van der Waals surface area contributed by atoms with Crippen molar-refractivity contribution in [1.82, 2.24) is 0 Å². The number of benzene rings is 1. The molecule has 92 valence electrons. The summed E-state index contributed by atoms with van der Waals surface area (Å²) < 4.78 is 0. The van der Waals surface area contributed by atoms with Crippen LogP contribution >= 0.6 is 0 Å². The summed E-state index contributed by atoms with van der Waals surface area (Å²) in [5, 5.41) is 29.1. The van der Waals surface area contributed by atoms with E-state index < -0.39 is 12.0 Å². The molecule has 0 heterocycles. The molecule has 17 heavy (non-hydrogen) atoms. The summed E-state index contributed by atoms with van der Waals surface area (Å²) in [5.74, 6) is 0. The van der Waals surface area contributed by atoms with Gasteiger partial charge in [-0.2, -0.15) is 0 Å². The van der Waals surface area contributed by atoms with Gasteiger partial charge in [-0.15, -0.1) is 0 Å². The van der Waals surface area contributed by atoms with Crippen LogP contribution in [0.4, 0.5) is 5.69 Å². The molecular weight excluding hydrogens is 221 g/mol. The van der Waals surface area contributed by atoms with Crippen molar-refractivity contribution in [2.45, 2.75) is 32.6 Å². The molecule has 0 spiro atoms. The van der Waals surface area contributed by atoms with E-state index in [1.165, 1.54) is 18.2 Å². The first kappa shape index (κ1) is 13.7. The second kappa shape index (κ2) is 4.85. The summed E-state index contributed by atoms with van der Waals surface area (Å²) in [6, 6.07) is 4.17. The van der Waals surface area contributed by atoms with Crippen LogP contribution in [0.2, 0.25) is 0 Å². The second-order valence-electron chi connectivity index (χ2n) is 4.64. The largest absolute Gasteiger partial charge is 0.488 e. The third-order valence-electron chi connectivity index (χ3n) is 3.13. The van der Waals surface area contributed by atoms with E-state index in [2.05, 4.69) is 0 Å². The van der Waals surface area contributed by atoms with Crippen LogP contribution < -0.4 is 5.46 Å². The molecule has 0 aliphatic heterocycles. The van der Waals surface area contributed by atoms with Gasteiger partial charge in [-0.3, -0.25) is 10.1 Å². The molecule has 5 nitrogen and oxygen atoms in total. The van der Waals surface area contributed by atoms with Gasteiger partial charge in [0.05, 0.1) is 4.92 Å². The number of hydrogen-bond donors (Lipinski definition) is 2. The van der Waals surface area contributed by atoms with Crippen LogP contribution in [0.5, 0.6) is 0 Å². The lowest BCUT2D eigenvalue weighted by atomic mass is 9.74. The predicted molar refractivity (Wildman–Crippen MR) is 66.2 cm³/mol. The lowest BCUT2D eigenvalue weighted by Crippen LogP contribution is -2.32. The fourth-order valence-corrected chi connectivity index (χ4v) is 1.61. The van der Waals surface area contributed by atoms with Gasteiger partial charge in [0.15, 0.2) is 0 Å². The van der Waals surface area contributed by atoms with Crippen LogP contribution in [-0.2, 0) is 5.41 Å². The fourth-order valence-electron chi connectivity index (χ4n) is 1.61. The molecule has 0 radical (unpaired) electrons. The zero-order valence-corrected chi connectivity index (χ0v) is 10.2. The monoisotopic (exact) mass is 237 g/mol. The quantitative estimate of drug-likeness (QED) is 0.464. The smallest absolute Gasteiger partial charge is 0.423 e. The molecule has 0 aliphatic rings. The van der Waals surface area contributed by atoms with Crippen molar-refractivity contribution in [2.24, 2.45) is 0 Å². The summed E-state index contributed by atoms with van der Waals surface area (Å²) in [7, 11) is -1.61. The molecular formula is C11H16BNO4. The van der Waals surface area contributed by atoms with Crippen molar-refractivity contribution < 1.29 is 15.0 Å². The molecule has 1 aromatic rings. The van der Waals surface area contributed by atoms with E-state index in [-0.39, 0.29) is 16.6 Å². The minimum Gasteiger partial charge on any atom is -0.423 e. The first-order chi connectivity index (χ1) is 7.79. The highest BCUT2D eigenvalue weighted by Crippen LogP contribution is 2.33. The van der Waals surface area contributed by atoms with Gasteiger partial charge in [-0.1, -0.05) is 32.9 Å². The molecule has 6 heteroatoms. The Morgan fingerprint density at radius 1 is 1.41 bits per heavy atom. The zero-order chi connectivity index (χ0) is 13.2.